The molecule has 2 aromatic rings. The lowest BCUT2D eigenvalue weighted by Gasteiger charge is -2.23. The Balaban J connectivity index is 2.02. The van der Waals surface area contributed by atoms with Crippen LogP contribution in [0.15, 0.2) is 29.2 Å². The van der Waals surface area contributed by atoms with Crippen molar-refractivity contribution in [2.45, 2.75) is 37.1 Å². The van der Waals surface area contributed by atoms with Crippen LogP contribution in [0.2, 0.25) is 0 Å². The SMILES string of the molecule is CSc1ccc(CC(C)C(=O)O)cc1Nc1nc(N2CCC(N(C)C)C2)cc(C(F)F)c1C#N. The molecule has 7 nitrogen and oxygen atoms in total. The second kappa shape index (κ2) is 11.0. The van der Waals surface area contributed by atoms with Crippen LogP contribution in [0.3, 0.4) is 0 Å². The number of thioether (sulfide) groups is 1. The first-order chi connectivity index (χ1) is 16.1. The van der Waals surface area contributed by atoms with E-state index in [0.29, 0.717) is 37.1 Å². The standard InChI is InChI=1S/C24H29F2N5O2S/c1-14(24(32)33)9-15-5-6-20(34-4)19(10-15)28-23-18(12-27)17(22(25)26)11-21(29-23)31-8-7-16(13-31)30(2)3/h5-6,10-11,14,16,22H,7-9,13H2,1-4H3,(H,28,29)(H,32,33). The minimum Gasteiger partial charge on any atom is -0.481 e. The Morgan fingerprint density at radius 2 is 2.15 bits per heavy atom. The summed E-state index contributed by atoms with van der Waals surface area (Å²) in [7, 11) is 3.97. The molecule has 0 saturated carbocycles. The lowest BCUT2D eigenvalue weighted by atomic mass is 10.0. The van der Waals surface area contributed by atoms with Crippen LogP contribution in [-0.4, -0.2) is 60.4 Å². The first-order valence-electron chi connectivity index (χ1n) is 11.0. The fraction of sp³-hybridized carbons (Fsp3) is 0.458. The lowest BCUT2D eigenvalue weighted by Crippen LogP contribution is -2.31. The van der Waals surface area contributed by atoms with Crippen molar-refractivity contribution in [1.29, 1.82) is 5.26 Å². The summed E-state index contributed by atoms with van der Waals surface area (Å²) in [5.74, 6) is -0.994. The van der Waals surface area contributed by atoms with Crippen LogP contribution in [0.4, 0.5) is 26.1 Å². The van der Waals surface area contributed by atoms with Gasteiger partial charge in [0.2, 0.25) is 0 Å². The molecule has 1 aromatic heterocycles. The predicted octanol–water partition coefficient (Wildman–Crippen LogP) is 4.76. The molecule has 0 aliphatic carbocycles. The number of anilines is 3. The molecule has 0 radical (unpaired) electrons. The summed E-state index contributed by atoms with van der Waals surface area (Å²) in [6.07, 6.45) is 0.263. The molecule has 2 heterocycles. The van der Waals surface area contributed by atoms with Crippen LogP contribution in [0.1, 0.15) is 36.5 Å². The van der Waals surface area contributed by atoms with Crippen molar-refractivity contribution in [2.24, 2.45) is 5.92 Å². The number of benzene rings is 1. The summed E-state index contributed by atoms with van der Waals surface area (Å²) in [5.41, 5.74) is 0.826. The molecule has 34 heavy (non-hydrogen) atoms. The monoisotopic (exact) mass is 489 g/mol. The number of aromatic nitrogens is 1. The van der Waals surface area contributed by atoms with E-state index in [9.17, 15) is 23.9 Å². The normalized spacial score (nSPS) is 16.7. The molecule has 2 unspecified atom stereocenters. The van der Waals surface area contributed by atoms with Gasteiger partial charge >= 0.3 is 5.97 Å². The number of nitrogens with one attached hydrogen (secondary N) is 1. The third-order valence-corrected chi connectivity index (χ3v) is 6.88. The van der Waals surface area contributed by atoms with Crippen LogP contribution < -0.4 is 10.2 Å². The maximum atomic E-state index is 13.9. The van der Waals surface area contributed by atoms with Crippen LogP contribution in [0.25, 0.3) is 0 Å². The van der Waals surface area contributed by atoms with Crippen molar-refractivity contribution in [2.75, 3.05) is 43.7 Å². The number of nitrogens with zero attached hydrogens (tertiary/aromatic N) is 4. The van der Waals surface area contributed by atoms with Gasteiger partial charge in [-0.15, -0.1) is 11.8 Å². The van der Waals surface area contributed by atoms with E-state index in [1.165, 1.54) is 17.8 Å². The van der Waals surface area contributed by atoms with E-state index in [1.807, 2.05) is 43.5 Å². The van der Waals surface area contributed by atoms with Gasteiger partial charge in [-0.05, 0) is 57.0 Å². The van der Waals surface area contributed by atoms with Gasteiger partial charge in [-0.25, -0.2) is 13.8 Å². The first-order valence-corrected chi connectivity index (χ1v) is 12.2. The Morgan fingerprint density at radius 3 is 2.71 bits per heavy atom. The van der Waals surface area contributed by atoms with Crippen molar-refractivity contribution in [3.63, 3.8) is 0 Å². The van der Waals surface area contributed by atoms with Gasteiger partial charge in [0.1, 0.15) is 17.5 Å². The lowest BCUT2D eigenvalue weighted by molar-refractivity contribution is -0.141. The van der Waals surface area contributed by atoms with E-state index < -0.39 is 18.3 Å². The highest BCUT2D eigenvalue weighted by Crippen LogP contribution is 2.36. The maximum absolute atomic E-state index is 13.9. The van der Waals surface area contributed by atoms with Gasteiger partial charge < -0.3 is 20.2 Å². The number of halogens is 2. The van der Waals surface area contributed by atoms with Gasteiger partial charge in [-0.1, -0.05) is 13.0 Å². The number of pyridine rings is 1. The highest BCUT2D eigenvalue weighted by Gasteiger charge is 2.28. The number of rotatable bonds is 9. The molecule has 0 amide bonds. The molecule has 10 heteroatoms. The van der Waals surface area contributed by atoms with Gasteiger partial charge in [0.15, 0.2) is 5.82 Å². The summed E-state index contributed by atoms with van der Waals surface area (Å²) < 4.78 is 27.9. The highest BCUT2D eigenvalue weighted by molar-refractivity contribution is 7.98. The Morgan fingerprint density at radius 1 is 1.41 bits per heavy atom. The van der Waals surface area contributed by atoms with Gasteiger partial charge in [0, 0.05) is 29.6 Å². The number of hydrogen-bond acceptors (Lipinski definition) is 7. The molecule has 1 aromatic carbocycles. The molecule has 1 fully saturated rings. The zero-order valence-electron chi connectivity index (χ0n) is 19.7. The van der Waals surface area contributed by atoms with E-state index in [2.05, 4.69) is 15.2 Å². The van der Waals surface area contributed by atoms with Gasteiger partial charge in [-0.3, -0.25) is 4.79 Å². The number of carboxylic acids is 1. The highest BCUT2D eigenvalue weighted by atomic mass is 32.2. The first kappa shape index (κ1) is 25.7. The zero-order chi connectivity index (χ0) is 25.0. The fourth-order valence-corrected chi connectivity index (χ4v) is 4.55. The molecule has 1 saturated heterocycles. The second-order valence-corrected chi connectivity index (χ2v) is 9.51. The van der Waals surface area contributed by atoms with Crippen LogP contribution >= 0.6 is 11.8 Å². The summed E-state index contributed by atoms with van der Waals surface area (Å²) >= 11 is 1.45. The maximum Gasteiger partial charge on any atom is 0.306 e. The van der Waals surface area contributed by atoms with Gasteiger partial charge in [0.25, 0.3) is 6.43 Å². The summed E-state index contributed by atoms with van der Waals surface area (Å²) in [4.78, 5) is 20.8. The Hall–Kier alpha value is -2.90. The molecule has 1 aliphatic rings. The molecule has 0 bridgehead atoms. The smallest absolute Gasteiger partial charge is 0.306 e. The minimum atomic E-state index is -2.83. The van der Waals surface area contributed by atoms with E-state index in [4.69, 9.17) is 0 Å². The molecular weight excluding hydrogens is 460 g/mol. The molecular formula is C24H29F2N5O2S. The molecule has 0 spiro atoms. The number of aliphatic carboxylic acids is 1. The fourth-order valence-electron chi connectivity index (χ4n) is 4.01. The second-order valence-electron chi connectivity index (χ2n) is 8.66. The molecule has 3 rings (SSSR count). The van der Waals surface area contributed by atoms with E-state index >= 15 is 0 Å². The van der Waals surface area contributed by atoms with Crippen molar-refractivity contribution < 1.29 is 18.7 Å². The van der Waals surface area contributed by atoms with Crippen molar-refractivity contribution in [3.8, 4) is 6.07 Å². The Bertz CT molecular complexity index is 1090. The summed E-state index contributed by atoms with van der Waals surface area (Å²) in [6, 6.07) is 8.99. The number of carboxylic acid groups (broad SMARTS) is 1. The van der Waals surface area contributed by atoms with Crippen molar-refractivity contribution in [3.05, 3.63) is 41.0 Å². The number of alkyl halides is 2. The largest absolute Gasteiger partial charge is 0.481 e. The minimum absolute atomic E-state index is 0.0716. The van der Waals surface area contributed by atoms with Crippen molar-refractivity contribution in [1.82, 2.24) is 9.88 Å². The summed E-state index contributed by atoms with van der Waals surface area (Å²) in [5, 5.41) is 22.1. The summed E-state index contributed by atoms with van der Waals surface area (Å²) in [6.45, 7) is 2.97. The Kier molecular flexibility index (Phi) is 8.33. The van der Waals surface area contributed by atoms with Crippen LogP contribution in [0.5, 0.6) is 0 Å². The number of likely N-dealkylation sites (N-methyl/N-ethyl adjacent to an activating group) is 1. The number of hydrogen-bond donors (Lipinski definition) is 2. The van der Waals surface area contributed by atoms with E-state index in [0.717, 1.165) is 16.9 Å². The molecule has 2 atom stereocenters. The average Bonchev–Trinajstić information content (AvgIpc) is 3.29. The Labute approximate surface area is 202 Å². The number of carbonyl (C=O) groups is 1. The van der Waals surface area contributed by atoms with E-state index in [-0.39, 0.29) is 16.9 Å². The van der Waals surface area contributed by atoms with E-state index in [1.54, 1.807) is 13.0 Å². The van der Waals surface area contributed by atoms with Crippen LogP contribution in [0, 0.1) is 17.2 Å². The quantitative estimate of drug-likeness (QED) is 0.487. The average molecular weight is 490 g/mol. The molecule has 182 valence electrons. The van der Waals surface area contributed by atoms with Gasteiger partial charge in [-0.2, -0.15) is 5.26 Å². The zero-order valence-corrected chi connectivity index (χ0v) is 20.5. The van der Waals surface area contributed by atoms with Gasteiger partial charge in [0.05, 0.1) is 11.6 Å². The predicted molar refractivity (Wildman–Crippen MR) is 130 cm³/mol. The molecule has 2 N–H and O–H groups in total. The topological polar surface area (TPSA) is 92.5 Å². The third kappa shape index (κ3) is 5.77. The molecule has 1 aliphatic heterocycles. The van der Waals surface area contributed by atoms with Crippen molar-refractivity contribution >= 4 is 35.1 Å². The number of nitriles is 1. The van der Waals surface area contributed by atoms with Crippen LogP contribution in [-0.2, 0) is 11.2 Å². The third-order valence-electron chi connectivity index (χ3n) is 6.08.